The smallest absolute Gasteiger partial charge is 0.109 e. The van der Waals surface area contributed by atoms with Gasteiger partial charge < -0.3 is 10.6 Å². The number of hydrogen-bond donors (Lipinski definition) is 2. The number of nitriles is 2. The Morgan fingerprint density at radius 3 is 2.26 bits per heavy atom. The summed E-state index contributed by atoms with van der Waals surface area (Å²) in [7, 11) is 0. The van der Waals surface area contributed by atoms with E-state index in [1.165, 1.54) is 6.20 Å². The normalized spacial score (nSPS) is 14.8. The quantitative estimate of drug-likeness (QED) is 0.175. The molecule has 5 aromatic rings. The zero-order valence-electron chi connectivity index (χ0n) is 26.1. The van der Waals surface area contributed by atoms with Crippen LogP contribution in [0.25, 0.3) is 10.9 Å². The van der Waals surface area contributed by atoms with Crippen LogP contribution in [-0.2, 0) is 0 Å². The fourth-order valence-corrected chi connectivity index (χ4v) is 6.56. The van der Waals surface area contributed by atoms with Gasteiger partial charge in [0.25, 0.3) is 0 Å². The van der Waals surface area contributed by atoms with Crippen molar-refractivity contribution in [2.24, 2.45) is 0 Å². The fourth-order valence-electron chi connectivity index (χ4n) is 5.94. The number of nitrogens with zero attached hydrogens (tertiary/aromatic N) is 7. The van der Waals surface area contributed by atoms with Crippen LogP contribution in [0.4, 0.5) is 17.1 Å². The van der Waals surface area contributed by atoms with Gasteiger partial charge in [0.2, 0.25) is 0 Å². The first kappa shape index (κ1) is 32.6. The molecule has 0 bridgehead atoms. The molecular formula is C35H32Cl3N9. The molecule has 238 valence electrons. The molecule has 1 aliphatic heterocycles. The molecule has 0 radical (unpaired) electrons. The van der Waals surface area contributed by atoms with Crippen LogP contribution in [0.1, 0.15) is 68.1 Å². The van der Waals surface area contributed by atoms with E-state index in [9.17, 15) is 10.5 Å². The van der Waals surface area contributed by atoms with Crippen LogP contribution in [0.3, 0.4) is 0 Å². The van der Waals surface area contributed by atoms with Crippen LogP contribution < -0.4 is 10.6 Å². The Morgan fingerprint density at radius 1 is 0.894 bits per heavy atom. The summed E-state index contributed by atoms with van der Waals surface area (Å²) in [6.07, 6.45) is 5.49. The number of fused-ring (bicyclic) bond motifs is 1. The molecule has 1 atom stereocenters. The van der Waals surface area contributed by atoms with Crippen LogP contribution >= 0.6 is 34.8 Å². The summed E-state index contributed by atoms with van der Waals surface area (Å²) in [5.41, 5.74) is 4.83. The summed E-state index contributed by atoms with van der Waals surface area (Å²) < 4.78 is 1.99. The summed E-state index contributed by atoms with van der Waals surface area (Å²) in [5.74, 6) is 0. The van der Waals surface area contributed by atoms with Gasteiger partial charge in [0.1, 0.15) is 17.8 Å². The van der Waals surface area contributed by atoms with Crippen LogP contribution in [0.5, 0.6) is 0 Å². The average molecular weight is 685 g/mol. The molecule has 2 aromatic heterocycles. The van der Waals surface area contributed by atoms with Crippen LogP contribution in [0.15, 0.2) is 67.0 Å². The van der Waals surface area contributed by atoms with Crippen molar-refractivity contribution in [3.63, 3.8) is 0 Å². The summed E-state index contributed by atoms with van der Waals surface area (Å²) in [6, 6.07) is 20.5. The molecular weight excluding hydrogens is 653 g/mol. The van der Waals surface area contributed by atoms with Gasteiger partial charge in [0.05, 0.1) is 50.7 Å². The molecule has 0 saturated carbocycles. The molecule has 3 heterocycles. The molecule has 12 heteroatoms. The third kappa shape index (κ3) is 7.00. The highest BCUT2D eigenvalue weighted by Crippen LogP contribution is 2.37. The first-order valence-corrected chi connectivity index (χ1v) is 16.3. The number of nitrogens with one attached hydrogen (secondary N) is 2. The lowest BCUT2D eigenvalue weighted by atomic mass is 9.98. The predicted octanol–water partition coefficient (Wildman–Crippen LogP) is 8.91. The number of aromatic nitrogens is 4. The largest absolute Gasteiger partial charge is 0.373 e. The van der Waals surface area contributed by atoms with Crippen molar-refractivity contribution in [3.8, 4) is 12.1 Å². The van der Waals surface area contributed by atoms with Gasteiger partial charge in [0, 0.05) is 46.6 Å². The lowest BCUT2D eigenvalue weighted by Crippen LogP contribution is -2.46. The third-order valence-electron chi connectivity index (χ3n) is 8.53. The van der Waals surface area contributed by atoms with Crippen LogP contribution in [0, 0.1) is 22.7 Å². The summed E-state index contributed by atoms with van der Waals surface area (Å²) in [5, 5.41) is 37.3. The Morgan fingerprint density at radius 2 is 1.60 bits per heavy atom. The van der Waals surface area contributed by atoms with Gasteiger partial charge in [-0.1, -0.05) is 52.1 Å². The Bertz CT molecular complexity index is 2010. The lowest BCUT2D eigenvalue weighted by Gasteiger charge is -2.40. The van der Waals surface area contributed by atoms with E-state index < -0.39 is 0 Å². The average Bonchev–Trinajstić information content (AvgIpc) is 3.54. The number of benzene rings is 3. The van der Waals surface area contributed by atoms with Crippen LogP contribution in [-0.4, -0.2) is 43.5 Å². The second-order valence-corrected chi connectivity index (χ2v) is 13.8. The van der Waals surface area contributed by atoms with Gasteiger partial charge in [-0.25, -0.2) is 4.68 Å². The molecule has 0 aliphatic carbocycles. The molecule has 1 aliphatic rings. The predicted molar refractivity (Wildman–Crippen MR) is 187 cm³/mol. The van der Waals surface area contributed by atoms with Crippen molar-refractivity contribution in [2.45, 2.75) is 51.2 Å². The highest BCUT2D eigenvalue weighted by molar-refractivity contribution is 6.36. The summed E-state index contributed by atoms with van der Waals surface area (Å²) >= 11 is 19.4. The van der Waals surface area contributed by atoms with Crippen molar-refractivity contribution in [1.82, 2.24) is 24.9 Å². The van der Waals surface area contributed by atoms with Crippen molar-refractivity contribution in [2.75, 3.05) is 23.7 Å². The molecule has 3 aromatic carbocycles. The molecule has 6 rings (SSSR count). The molecule has 0 unspecified atom stereocenters. The number of piperidine rings is 1. The standard InChI is InChI=1S/C35H32Cl3N9/c1-35(2,3)46-12-10-27(11-13-46)47-20-31(44-45-47)33(21-4-7-24(36)8-5-21)43-26-14-28-32(23(18-40)19-41-34(28)30(38)16-26)42-25-9-6-22(17-39)29(37)15-25/h4-9,14-16,19-20,27,33,43H,10-13H2,1-3H3,(H,41,42)/t33-/m0/s1. The van der Waals surface area contributed by atoms with Crippen molar-refractivity contribution < 1.29 is 0 Å². The zero-order valence-corrected chi connectivity index (χ0v) is 28.4. The number of pyridine rings is 1. The lowest BCUT2D eigenvalue weighted by molar-refractivity contribution is 0.0866. The summed E-state index contributed by atoms with van der Waals surface area (Å²) in [4.78, 5) is 6.99. The van der Waals surface area contributed by atoms with Gasteiger partial charge >= 0.3 is 0 Å². The first-order chi connectivity index (χ1) is 22.5. The van der Waals surface area contributed by atoms with E-state index in [-0.39, 0.29) is 17.6 Å². The van der Waals surface area contributed by atoms with E-state index in [2.05, 4.69) is 63.7 Å². The van der Waals surface area contributed by atoms with Crippen LogP contribution in [0.2, 0.25) is 15.1 Å². The highest BCUT2D eigenvalue weighted by Gasteiger charge is 2.29. The second kappa shape index (κ2) is 13.4. The molecule has 47 heavy (non-hydrogen) atoms. The van der Waals surface area contributed by atoms with E-state index in [4.69, 9.17) is 34.8 Å². The maximum atomic E-state index is 9.98. The minimum absolute atomic E-state index is 0.136. The maximum absolute atomic E-state index is 9.98. The topological polar surface area (TPSA) is 118 Å². The second-order valence-electron chi connectivity index (χ2n) is 12.6. The number of rotatable bonds is 7. The van der Waals surface area contributed by atoms with Gasteiger partial charge in [-0.15, -0.1) is 5.10 Å². The SMILES string of the molecule is CC(C)(C)N1CCC(n2cc([C@@H](Nc3cc(Cl)c4ncc(C#N)c(Nc5ccc(C#N)c(Cl)c5)c4c3)c3ccc(Cl)cc3)nn2)CC1. The Balaban J connectivity index is 1.36. The number of likely N-dealkylation sites (tertiary alicyclic amines) is 1. The first-order valence-electron chi connectivity index (χ1n) is 15.2. The van der Waals surface area contributed by atoms with Gasteiger partial charge in [0.15, 0.2) is 0 Å². The zero-order chi connectivity index (χ0) is 33.3. The number of hydrogen-bond acceptors (Lipinski definition) is 8. The van der Waals surface area contributed by atoms with Gasteiger partial charge in [-0.3, -0.25) is 9.88 Å². The van der Waals surface area contributed by atoms with E-state index in [1.54, 1.807) is 24.3 Å². The minimum atomic E-state index is -0.384. The molecule has 0 amide bonds. The monoisotopic (exact) mass is 683 g/mol. The van der Waals surface area contributed by atoms with Crippen molar-refractivity contribution >= 4 is 62.8 Å². The van der Waals surface area contributed by atoms with Crippen molar-refractivity contribution in [1.29, 1.82) is 10.5 Å². The van der Waals surface area contributed by atoms with E-state index in [0.717, 1.165) is 37.2 Å². The third-order valence-corrected chi connectivity index (χ3v) is 9.38. The molecule has 1 saturated heterocycles. The maximum Gasteiger partial charge on any atom is 0.109 e. The van der Waals surface area contributed by atoms with E-state index >= 15 is 0 Å². The van der Waals surface area contributed by atoms with E-state index in [0.29, 0.717) is 54.2 Å². The highest BCUT2D eigenvalue weighted by atomic mass is 35.5. The Labute approximate surface area is 288 Å². The molecule has 9 nitrogen and oxygen atoms in total. The molecule has 1 fully saturated rings. The minimum Gasteiger partial charge on any atom is -0.373 e. The van der Waals surface area contributed by atoms with Gasteiger partial charge in [-0.05, 0) is 81.6 Å². The number of halogens is 3. The Hall–Kier alpha value is -4.38. The van der Waals surface area contributed by atoms with Crippen molar-refractivity contribution in [3.05, 3.63) is 104 Å². The van der Waals surface area contributed by atoms with Gasteiger partial charge in [-0.2, -0.15) is 10.5 Å². The van der Waals surface area contributed by atoms with E-state index in [1.807, 2.05) is 41.2 Å². The number of anilines is 3. The Kier molecular flexibility index (Phi) is 9.27. The fraction of sp³-hybridized carbons (Fsp3) is 0.286. The molecule has 0 spiro atoms. The molecule has 2 N–H and O–H groups in total. The summed E-state index contributed by atoms with van der Waals surface area (Å²) in [6.45, 7) is 8.76.